The fourth-order valence-corrected chi connectivity index (χ4v) is 3.15. The van der Waals surface area contributed by atoms with E-state index in [-0.39, 0.29) is 18.4 Å². The molecule has 0 radical (unpaired) electrons. The molecule has 4 nitrogen and oxygen atoms in total. The highest BCUT2D eigenvalue weighted by atomic mass is 16.3. The molecule has 4 heteroatoms. The Balaban J connectivity index is 1.71. The van der Waals surface area contributed by atoms with Crippen molar-refractivity contribution in [3.63, 3.8) is 0 Å². The van der Waals surface area contributed by atoms with Crippen LogP contribution in [-0.4, -0.2) is 28.1 Å². The van der Waals surface area contributed by atoms with E-state index in [1.54, 1.807) is 6.26 Å². The molecule has 1 saturated heterocycles. The van der Waals surface area contributed by atoms with Crippen molar-refractivity contribution in [2.45, 2.75) is 56.6 Å². The van der Waals surface area contributed by atoms with E-state index >= 15 is 0 Å². The van der Waals surface area contributed by atoms with Crippen molar-refractivity contribution in [3.8, 4) is 0 Å². The lowest BCUT2D eigenvalue weighted by Gasteiger charge is -2.40. The molecule has 1 aromatic heterocycles. The molecule has 0 unspecified atom stereocenters. The highest BCUT2D eigenvalue weighted by Gasteiger charge is 2.39. The molecule has 1 saturated carbocycles. The number of carbonyl (C=O) groups excluding carboxylic acids is 1. The van der Waals surface area contributed by atoms with Gasteiger partial charge in [-0.3, -0.25) is 4.79 Å². The van der Waals surface area contributed by atoms with Gasteiger partial charge in [0.2, 0.25) is 5.91 Å². The van der Waals surface area contributed by atoms with Gasteiger partial charge in [-0.25, -0.2) is 0 Å². The number of rotatable bonds is 3. The van der Waals surface area contributed by atoms with Crippen LogP contribution in [0.1, 0.15) is 56.7 Å². The summed E-state index contributed by atoms with van der Waals surface area (Å²) < 4.78 is 5.47. The number of likely N-dealkylation sites (tertiary alicyclic amines) is 1. The Labute approximate surface area is 113 Å². The molecule has 1 amide bonds. The lowest BCUT2D eigenvalue weighted by molar-refractivity contribution is -0.144. The van der Waals surface area contributed by atoms with Gasteiger partial charge in [0.25, 0.3) is 0 Å². The zero-order chi connectivity index (χ0) is 13.3. The second kappa shape index (κ2) is 5.00. The van der Waals surface area contributed by atoms with Gasteiger partial charge in [0, 0.05) is 6.54 Å². The predicted octanol–water partition coefficient (Wildman–Crippen LogP) is 2.64. The van der Waals surface area contributed by atoms with E-state index < -0.39 is 5.60 Å². The number of hydrogen-bond acceptors (Lipinski definition) is 3. The fourth-order valence-electron chi connectivity index (χ4n) is 3.15. The van der Waals surface area contributed by atoms with Crippen molar-refractivity contribution in [3.05, 3.63) is 24.2 Å². The molecule has 2 aliphatic rings. The van der Waals surface area contributed by atoms with Gasteiger partial charge >= 0.3 is 0 Å². The van der Waals surface area contributed by atoms with Crippen LogP contribution >= 0.6 is 0 Å². The zero-order valence-electron chi connectivity index (χ0n) is 11.2. The molecule has 0 spiro atoms. The summed E-state index contributed by atoms with van der Waals surface area (Å²) in [6, 6.07) is 3.86. The lowest BCUT2D eigenvalue weighted by atomic mass is 9.77. The molecule has 1 aromatic rings. The maximum atomic E-state index is 12.4. The molecule has 3 rings (SSSR count). The molecule has 1 aliphatic heterocycles. The van der Waals surface area contributed by atoms with Gasteiger partial charge in [0.1, 0.15) is 5.76 Å². The normalized spacial score (nSPS) is 25.9. The Kier molecular flexibility index (Phi) is 3.35. The third-order valence-electron chi connectivity index (χ3n) is 4.46. The minimum absolute atomic E-state index is 0.0555. The van der Waals surface area contributed by atoms with Crippen molar-refractivity contribution < 1.29 is 14.3 Å². The average Bonchev–Trinajstić information content (AvgIpc) is 2.90. The summed E-state index contributed by atoms with van der Waals surface area (Å²) in [5, 5.41) is 10.2. The first-order valence-corrected chi connectivity index (χ1v) is 7.23. The van der Waals surface area contributed by atoms with E-state index in [0.29, 0.717) is 0 Å². The largest absolute Gasteiger partial charge is 0.467 e. The van der Waals surface area contributed by atoms with Crippen LogP contribution in [0.25, 0.3) is 0 Å². The number of hydrogen-bond donors (Lipinski definition) is 1. The number of furan rings is 1. The second-order valence-corrected chi connectivity index (χ2v) is 5.87. The van der Waals surface area contributed by atoms with Crippen LogP contribution in [-0.2, 0) is 4.79 Å². The van der Waals surface area contributed by atoms with Gasteiger partial charge in [-0.05, 0) is 50.7 Å². The molecule has 0 bridgehead atoms. The highest BCUT2D eigenvalue weighted by molar-refractivity contribution is 5.78. The summed E-state index contributed by atoms with van der Waals surface area (Å²) in [4.78, 5) is 14.3. The molecular formula is C15H21NO3. The number of amides is 1. The summed E-state index contributed by atoms with van der Waals surface area (Å²) >= 11 is 0. The zero-order valence-corrected chi connectivity index (χ0v) is 11.2. The van der Waals surface area contributed by atoms with Crippen molar-refractivity contribution >= 4 is 5.91 Å². The molecular weight excluding hydrogens is 242 g/mol. The molecule has 19 heavy (non-hydrogen) atoms. The Morgan fingerprint density at radius 1 is 1.42 bits per heavy atom. The fraction of sp³-hybridized carbons (Fsp3) is 0.667. The van der Waals surface area contributed by atoms with E-state index in [1.807, 2.05) is 17.0 Å². The maximum absolute atomic E-state index is 12.4. The summed E-state index contributed by atoms with van der Waals surface area (Å²) in [5.74, 6) is 0.942. The van der Waals surface area contributed by atoms with Gasteiger partial charge in [-0.1, -0.05) is 0 Å². The van der Waals surface area contributed by atoms with Crippen molar-refractivity contribution in [2.75, 3.05) is 6.54 Å². The van der Waals surface area contributed by atoms with Crippen LogP contribution < -0.4 is 0 Å². The summed E-state index contributed by atoms with van der Waals surface area (Å²) in [7, 11) is 0. The third-order valence-corrected chi connectivity index (χ3v) is 4.46. The number of aliphatic hydroxyl groups is 1. The molecule has 1 aliphatic carbocycles. The van der Waals surface area contributed by atoms with E-state index in [1.165, 1.54) is 0 Å². The number of carbonyl (C=O) groups is 1. The second-order valence-electron chi connectivity index (χ2n) is 5.87. The third kappa shape index (κ3) is 2.54. The number of nitrogens with zero attached hydrogens (tertiary/aromatic N) is 1. The maximum Gasteiger partial charge on any atom is 0.226 e. The van der Waals surface area contributed by atoms with Crippen LogP contribution in [0.15, 0.2) is 22.8 Å². The molecule has 1 N–H and O–H groups in total. The minimum atomic E-state index is -0.734. The minimum Gasteiger partial charge on any atom is -0.467 e. The van der Waals surface area contributed by atoms with E-state index in [0.717, 1.165) is 50.8 Å². The van der Waals surface area contributed by atoms with Crippen LogP contribution in [0.3, 0.4) is 0 Å². The Bertz CT molecular complexity index is 436. The van der Waals surface area contributed by atoms with E-state index in [9.17, 15) is 9.90 Å². The first-order chi connectivity index (χ1) is 9.18. The Hall–Kier alpha value is -1.29. The highest BCUT2D eigenvalue weighted by Crippen LogP contribution is 2.37. The first kappa shape index (κ1) is 12.7. The van der Waals surface area contributed by atoms with Crippen LogP contribution in [0.5, 0.6) is 0 Å². The molecule has 104 valence electrons. The van der Waals surface area contributed by atoms with Crippen LogP contribution in [0, 0.1) is 0 Å². The van der Waals surface area contributed by atoms with E-state index in [4.69, 9.17) is 4.42 Å². The van der Waals surface area contributed by atoms with Crippen molar-refractivity contribution in [1.29, 1.82) is 0 Å². The van der Waals surface area contributed by atoms with Gasteiger partial charge in [-0.15, -0.1) is 0 Å². The summed E-state index contributed by atoms with van der Waals surface area (Å²) in [6.45, 7) is 0.778. The summed E-state index contributed by atoms with van der Waals surface area (Å²) in [5.41, 5.74) is -0.734. The molecule has 2 heterocycles. The van der Waals surface area contributed by atoms with E-state index in [2.05, 4.69) is 0 Å². The van der Waals surface area contributed by atoms with Gasteiger partial charge in [-0.2, -0.15) is 0 Å². The Morgan fingerprint density at radius 2 is 2.26 bits per heavy atom. The van der Waals surface area contributed by atoms with Crippen molar-refractivity contribution in [1.82, 2.24) is 4.90 Å². The topological polar surface area (TPSA) is 53.7 Å². The SMILES string of the molecule is O=C(CC1(O)CCC1)N1CCCC[C@H]1c1ccco1. The Morgan fingerprint density at radius 3 is 2.89 bits per heavy atom. The van der Waals surface area contributed by atoms with Gasteiger partial charge < -0.3 is 14.4 Å². The monoisotopic (exact) mass is 263 g/mol. The first-order valence-electron chi connectivity index (χ1n) is 7.23. The van der Waals surface area contributed by atoms with Crippen molar-refractivity contribution in [2.24, 2.45) is 0 Å². The summed E-state index contributed by atoms with van der Waals surface area (Å²) in [6.07, 6.45) is 7.61. The quantitative estimate of drug-likeness (QED) is 0.912. The predicted molar refractivity (Wildman–Crippen MR) is 70.4 cm³/mol. The van der Waals surface area contributed by atoms with Gasteiger partial charge in [0.05, 0.1) is 24.3 Å². The smallest absolute Gasteiger partial charge is 0.226 e. The number of piperidine rings is 1. The van der Waals surface area contributed by atoms with Crippen LogP contribution in [0.4, 0.5) is 0 Å². The molecule has 1 atom stereocenters. The van der Waals surface area contributed by atoms with Gasteiger partial charge in [0.15, 0.2) is 0 Å². The van der Waals surface area contributed by atoms with Crippen LogP contribution in [0.2, 0.25) is 0 Å². The average molecular weight is 263 g/mol. The molecule has 0 aromatic carbocycles. The standard InChI is InChI=1S/C15H21NO3/c17-14(11-15(18)7-4-8-15)16-9-2-1-5-12(16)13-6-3-10-19-13/h3,6,10,12,18H,1-2,4-5,7-9,11H2/t12-/m0/s1. The molecule has 2 fully saturated rings. The lowest BCUT2D eigenvalue weighted by Crippen LogP contribution is -2.46.